The van der Waals surface area contributed by atoms with E-state index in [4.69, 9.17) is 9.84 Å². The van der Waals surface area contributed by atoms with Crippen molar-refractivity contribution in [3.05, 3.63) is 101 Å². The number of anilines is 2. The summed E-state index contributed by atoms with van der Waals surface area (Å²) in [6, 6.07) is 21.7. The summed E-state index contributed by atoms with van der Waals surface area (Å²) in [6.07, 6.45) is 1.78. The zero-order valence-electron chi connectivity index (χ0n) is 21.9. The number of aryl methyl sites for hydroxylation is 2. The predicted octanol–water partition coefficient (Wildman–Crippen LogP) is 6.66. The first-order valence-corrected chi connectivity index (χ1v) is 13.3. The van der Waals surface area contributed by atoms with Crippen LogP contribution >= 0.6 is 11.3 Å². The van der Waals surface area contributed by atoms with Gasteiger partial charge in [0.25, 0.3) is 0 Å². The van der Waals surface area contributed by atoms with Crippen molar-refractivity contribution in [1.82, 2.24) is 25.0 Å². The molecule has 0 atom stereocenters. The van der Waals surface area contributed by atoms with Crippen molar-refractivity contribution in [3.8, 4) is 34.6 Å². The highest BCUT2D eigenvalue weighted by Gasteiger charge is 2.15. The molecule has 6 aromatic rings. The van der Waals surface area contributed by atoms with E-state index >= 15 is 0 Å². The number of nitrogens with one attached hydrogen (secondary N) is 1. The lowest BCUT2D eigenvalue weighted by Crippen LogP contribution is -2.00. The Morgan fingerprint density at radius 3 is 2.44 bits per heavy atom. The molecule has 0 spiro atoms. The molecule has 0 saturated carbocycles. The van der Waals surface area contributed by atoms with Crippen LogP contribution in [-0.2, 0) is 0 Å². The van der Waals surface area contributed by atoms with E-state index in [0.717, 1.165) is 32.6 Å². The number of thiophene rings is 1. The first-order chi connectivity index (χ1) is 19.9. The molecule has 0 saturated heterocycles. The maximum absolute atomic E-state index is 11.1. The lowest BCUT2D eigenvalue weighted by atomic mass is 10.1. The van der Waals surface area contributed by atoms with Crippen LogP contribution in [0.4, 0.5) is 11.6 Å². The molecule has 3 heterocycles. The third-order valence-electron chi connectivity index (χ3n) is 6.37. The number of fused-ring (bicyclic) bond motifs is 1. The highest BCUT2D eigenvalue weighted by Crippen LogP contribution is 2.36. The second-order valence-corrected chi connectivity index (χ2v) is 10.2. The molecule has 0 aliphatic rings. The zero-order valence-corrected chi connectivity index (χ0v) is 22.7. The van der Waals surface area contributed by atoms with Crippen molar-refractivity contribution in [1.29, 1.82) is 5.26 Å². The Labute approximate surface area is 238 Å². The molecule has 0 aliphatic heterocycles. The first kappa shape index (κ1) is 25.7. The quantitative estimate of drug-likeness (QED) is 0.220. The van der Waals surface area contributed by atoms with Gasteiger partial charge in [-0.1, -0.05) is 17.3 Å². The van der Waals surface area contributed by atoms with Crippen molar-refractivity contribution in [2.75, 3.05) is 5.32 Å². The third kappa shape index (κ3) is 5.19. The highest BCUT2D eigenvalue weighted by atomic mass is 32.1. The molecule has 11 heteroatoms. The third-order valence-corrected chi connectivity index (χ3v) is 7.26. The number of hydrogen-bond acceptors (Lipinski definition) is 9. The molecule has 0 radical (unpaired) electrons. The number of carboxylic acids is 1. The van der Waals surface area contributed by atoms with Crippen molar-refractivity contribution in [2.45, 2.75) is 13.8 Å². The number of aromatic carboxylic acids is 1. The second kappa shape index (κ2) is 10.5. The number of benzene rings is 3. The van der Waals surface area contributed by atoms with E-state index in [0.29, 0.717) is 34.5 Å². The topological polar surface area (TPSA) is 139 Å². The number of nitrogens with zero attached hydrogens (tertiary/aromatic N) is 6. The SMILES string of the molecule is Cc1cc(C#N)cc(C)c1Oc1nc(Nc2ccc(-c3cn(-c4ccc(C(=O)O)cc4)nn3)cc2)nc2ccsc12. The van der Waals surface area contributed by atoms with Gasteiger partial charge in [-0.15, -0.1) is 16.4 Å². The molecule has 0 fully saturated rings. The predicted molar refractivity (Wildman–Crippen MR) is 155 cm³/mol. The molecule has 2 N–H and O–H groups in total. The molecule has 200 valence electrons. The van der Waals surface area contributed by atoms with Gasteiger partial charge in [0.15, 0.2) is 0 Å². The van der Waals surface area contributed by atoms with Gasteiger partial charge in [-0.05, 0) is 85.0 Å². The molecule has 0 aliphatic carbocycles. The van der Waals surface area contributed by atoms with Gasteiger partial charge in [0, 0.05) is 11.3 Å². The zero-order chi connectivity index (χ0) is 28.5. The molecule has 0 unspecified atom stereocenters. The van der Waals surface area contributed by atoms with E-state index in [1.54, 1.807) is 35.1 Å². The number of carboxylic acid groups (broad SMARTS) is 1. The van der Waals surface area contributed by atoms with Crippen LogP contribution in [0.5, 0.6) is 11.6 Å². The Morgan fingerprint density at radius 2 is 1.76 bits per heavy atom. The van der Waals surface area contributed by atoms with Gasteiger partial charge in [-0.3, -0.25) is 0 Å². The largest absolute Gasteiger partial charge is 0.478 e. The van der Waals surface area contributed by atoms with E-state index in [-0.39, 0.29) is 5.56 Å². The summed E-state index contributed by atoms with van der Waals surface area (Å²) >= 11 is 1.50. The summed E-state index contributed by atoms with van der Waals surface area (Å²) in [5.74, 6) is 0.510. The van der Waals surface area contributed by atoms with E-state index in [1.807, 2.05) is 49.6 Å². The fraction of sp³-hybridized carbons (Fsp3) is 0.0667. The molecular weight excluding hydrogens is 538 g/mol. The van der Waals surface area contributed by atoms with Crippen LogP contribution in [0.1, 0.15) is 27.0 Å². The van der Waals surface area contributed by atoms with Gasteiger partial charge >= 0.3 is 5.97 Å². The van der Waals surface area contributed by atoms with Crippen LogP contribution in [0.3, 0.4) is 0 Å². The monoisotopic (exact) mass is 559 g/mol. The van der Waals surface area contributed by atoms with Crippen molar-refractivity contribution in [2.24, 2.45) is 0 Å². The maximum Gasteiger partial charge on any atom is 0.335 e. The summed E-state index contributed by atoms with van der Waals surface area (Å²) in [7, 11) is 0. The average molecular weight is 560 g/mol. The Hall–Kier alpha value is -5.60. The fourth-order valence-corrected chi connectivity index (χ4v) is 5.12. The smallest absolute Gasteiger partial charge is 0.335 e. The van der Waals surface area contributed by atoms with Crippen LogP contribution in [0, 0.1) is 25.2 Å². The van der Waals surface area contributed by atoms with Gasteiger partial charge in [0.05, 0.1) is 34.6 Å². The number of hydrogen-bond donors (Lipinski definition) is 2. The molecule has 0 bridgehead atoms. The number of rotatable bonds is 7. The summed E-state index contributed by atoms with van der Waals surface area (Å²) in [4.78, 5) is 20.4. The van der Waals surface area contributed by atoms with E-state index in [2.05, 4.69) is 31.7 Å². The Kier molecular flexibility index (Phi) is 6.58. The molecule has 10 nitrogen and oxygen atoms in total. The van der Waals surface area contributed by atoms with Gasteiger partial charge in [-0.25, -0.2) is 14.5 Å². The Bertz CT molecular complexity index is 1930. The molecule has 6 rings (SSSR count). The average Bonchev–Trinajstić information content (AvgIpc) is 3.66. The normalized spacial score (nSPS) is 10.9. The Morgan fingerprint density at radius 1 is 1.02 bits per heavy atom. The number of carbonyl (C=O) groups is 1. The standard InChI is InChI=1S/C30H21N7O3S/c1-17-13-19(15-31)14-18(2)26(17)40-28-27-24(11-12-41-27)33-30(34-28)32-22-7-3-20(4-8-22)25-16-37(36-35-25)23-9-5-21(6-10-23)29(38)39/h3-14,16H,1-2H3,(H,38,39)(H,32,33,34). The second-order valence-electron chi connectivity index (χ2n) is 9.24. The van der Waals surface area contributed by atoms with E-state index in [9.17, 15) is 10.1 Å². The minimum atomic E-state index is -0.981. The minimum Gasteiger partial charge on any atom is -0.478 e. The minimum absolute atomic E-state index is 0.206. The van der Waals surface area contributed by atoms with E-state index < -0.39 is 5.97 Å². The Balaban J connectivity index is 1.23. The summed E-state index contributed by atoms with van der Waals surface area (Å²) in [5, 5.41) is 32.0. The van der Waals surface area contributed by atoms with Crippen molar-refractivity contribution in [3.63, 3.8) is 0 Å². The molecule has 41 heavy (non-hydrogen) atoms. The summed E-state index contributed by atoms with van der Waals surface area (Å²) in [6.45, 7) is 3.81. The van der Waals surface area contributed by atoms with Gasteiger partial charge in [0.2, 0.25) is 11.8 Å². The summed E-state index contributed by atoms with van der Waals surface area (Å²) in [5.41, 5.74) is 6.25. The molecule has 0 amide bonds. The fourth-order valence-electron chi connectivity index (χ4n) is 4.37. The van der Waals surface area contributed by atoms with Gasteiger partial charge < -0.3 is 15.2 Å². The number of aromatic nitrogens is 5. The number of nitriles is 1. The van der Waals surface area contributed by atoms with Crippen LogP contribution in [0.15, 0.2) is 78.3 Å². The van der Waals surface area contributed by atoms with Crippen LogP contribution < -0.4 is 10.1 Å². The lowest BCUT2D eigenvalue weighted by molar-refractivity contribution is 0.0697. The highest BCUT2D eigenvalue weighted by molar-refractivity contribution is 7.17. The van der Waals surface area contributed by atoms with Crippen molar-refractivity contribution < 1.29 is 14.6 Å². The maximum atomic E-state index is 11.1. The molecule has 3 aromatic carbocycles. The first-order valence-electron chi connectivity index (χ1n) is 12.5. The van der Waals surface area contributed by atoms with Crippen LogP contribution in [0.2, 0.25) is 0 Å². The summed E-state index contributed by atoms with van der Waals surface area (Å²) < 4.78 is 8.71. The molecule has 3 aromatic heterocycles. The van der Waals surface area contributed by atoms with Crippen molar-refractivity contribution >= 4 is 39.2 Å². The van der Waals surface area contributed by atoms with Gasteiger partial charge in [-0.2, -0.15) is 10.2 Å². The van der Waals surface area contributed by atoms with E-state index in [1.165, 1.54) is 23.5 Å². The van der Waals surface area contributed by atoms with Crippen LogP contribution in [0.25, 0.3) is 27.2 Å². The molecular formula is C30H21N7O3S. The lowest BCUT2D eigenvalue weighted by Gasteiger charge is -2.13. The van der Waals surface area contributed by atoms with Crippen LogP contribution in [-0.4, -0.2) is 36.0 Å². The van der Waals surface area contributed by atoms with Gasteiger partial charge in [0.1, 0.15) is 16.1 Å². The number of ether oxygens (including phenoxy) is 1.